The number of hydrogen-bond donors (Lipinski definition) is 3. The smallest absolute Gasteiger partial charge is 0.308 e. The molecule has 0 spiro atoms. The van der Waals surface area contributed by atoms with E-state index >= 15 is 0 Å². The van der Waals surface area contributed by atoms with Crippen molar-refractivity contribution in [1.29, 1.82) is 0 Å². The number of aliphatic hydroxyl groups is 1. The van der Waals surface area contributed by atoms with Crippen molar-refractivity contribution < 1.29 is 24.2 Å². The molecule has 0 bridgehead atoms. The number of benzene rings is 1. The van der Waals surface area contributed by atoms with Gasteiger partial charge >= 0.3 is 5.97 Å². The van der Waals surface area contributed by atoms with E-state index in [9.17, 15) is 14.4 Å². The van der Waals surface area contributed by atoms with Crippen LogP contribution in [0.15, 0.2) is 24.3 Å². The monoisotopic (exact) mass is 452 g/mol. The van der Waals surface area contributed by atoms with Gasteiger partial charge in [0, 0.05) is 19.2 Å². The first-order chi connectivity index (χ1) is 14.8. The molecule has 2 atom stereocenters. The number of aliphatic hydroxyl groups excluding tert-OH is 1. The van der Waals surface area contributed by atoms with E-state index in [0.29, 0.717) is 43.8 Å². The number of Topliss-reactive ketones (excluding diaryl/α,β-unsaturated/α-hetero) is 1. The second-order valence-electron chi connectivity index (χ2n) is 7.76. The van der Waals surface area contributed by atoms with Gasteiger partial charge in [-0.25, -0.2) is 5.43 Å². The number of rotatable bonds is 15. The third-order valence-corrected chi connectivity index (χ3v) is 6.16. The van der Waals surface area contributed by atoms with Gasteiger partial charge in [0.25, 0.3) is 0 Å². The molecule has 0 aliphatic rings. The van der Waals surface area contributed by atoms with Crippen molar-refractivity contribution in [2.24, 2.45) is 5.92 Å². The summed E-state index contributed by atoms with van der Waals surface area (Å²) < 4.78 is 5.10. The minimum absolute atomic E-state index is 0.0608. The molecule has 0 radical (unpaired) electrons. The van der Waals surface area contributed by atoms with Crippen molar-refractivity contribution in [3.05, 3.63) is 35.4 Å². The Morgan fingerprint density at radius 1 is 1.29 bits per heavy atom. The van der Waals surface area contributed by atoms with Crippen LogP contribution in [0.5, 0.6) is 0 Å². The lowest BCUT2D eigenvalue weighted by atomic mass is 9.76. The number of thioether (sulfide) groups is 1. The van der Waals surface area contributed by atoms with Gasteiger partial charge in [0.05, 0.1) is 30.3 Å². The summed E-state index contributed by atoms with van der Waals surface area (Å²) in [7, 11) is 1.64. The highest BCUT2D eigenvalue weighted by Gasteiger charge is 2.35. The van der Waals surface area contributed by atoms with Crippen molar-refractivity contribution in [3.8, 4) is 0 Å². The Labute approximate surface area is 189 Å². The van der Waals surface area contributed by atoms with E-state index in [4.69, 9.17) is 9.84 Å². The second-order valence-corrected chi connectivity index (χ2v) is 8.87. The minimum atomic E-state index is -0.829. The molecule has 0 aliphatic heterocycles. The Hall–Kier alpha value is -1.90. The predicted molar refractivity (Wildman–Crippen MR) is 124 cm³/mol. The Morgan fingerprint density at radius 2 is 2.03 bits per heavy atom. The summed E-state index contributed by atoms with van der Waals surface area (Å²) in [6.45, 7) is 5.90. The van der Waals surface area contributed by atoms with Crippen molar-refractivity contribution in [2.45, 2.75) is 51.9 Å². The Balaban J connectivity index is 2.93. The van der Waals surface area contributed by atoms with E-state index in [1.165, 1.54) is 11.8 Å². The van der Waals surface area contributed by atoms with Crippen molar-refractivity contribution in [3.63, 3.8) is 0 Å². The Kier molecular flexibility index (Phi) is 12.4. The van der Waals surface area contributed by atoms with E-state index in [2.05, 4.69) is 10.9 Å². The second kappa shape index (κ2) is 14.2. The van der Waals surface area contributed by atoms with Crippen LogP contribution >= 0.6 is 11.8 Å². The maximum Gasteiger partial charge on any atom is 0.308 e. The third-order valence-electron chi connectivity index (χ3n) is 5.17. The molecule has 0 saturated carbocycles. The van der Waals surface area contributed by atoms with Crippen molar-refractivity contribution >= 4 is 29.4 Å². The molecular formula is C23H36N2O5S. The molecule has 8 heteroatoms. The number of carbonyl (C=O) groups is 3. The van der Waals surface area contributed by atoms with Gasteiger partial charge in [-0.2, -0.15) is 11.8 Å². The van der Waals surface area contributed by atoms with E-state index in [1.54, 1.807) is 14.0 Å². The van der Waals surface area contributed by atoms with Crippen LogP contribution < -0.4 is 10.9 Å². The van der Waals surface area contributed by atoms with Crippen LogP contribution in [-0.4, -0.2) is 54.5 Å². The molecule has 1 rings (SSSR count). The third kappa shape index (κ3) is 9.01. The van der Waals surface area contributed by atoms with Gasteiger partial charge in [-0.3, -0.25) is 19.8 Å². The first-order valence-corrected chi connectivity index (χ1v) is 11.9. The summed E-state index contributed by atoms with van der Waals surface area (Å²) >= 11 is 1.42. The standard InChI is InChI=1S/C23H36N2O5S/c1-5-30-21(28)17(2)14-18-8-6-9-19(15-18)23(3,22(29)25-24-4)11-7-10-20(27)16-31-13-12-26/h6,8-9,15,17,24,26H,5,7,10-14,16H2,1-4H3,(H,25,29). The summed E-state index contributed by atoms with van der Waals surface area (Å²) in [6.07, 6.45) is 2.00. The number of esters is 1. The zero-order chi connectivity index (χ0) is 23.3. The number of hydrazine groups is 1. The number of nitrogens with one attached hydrogen (secondary N) is 2. The Bertz CT molecular complexity index is 728. The summed E-state index contributed by atoms with van der Waals surface area (Å²) in [5, 5.41) is 8.83. The lowest BCUT2D eigenvalue weighted by Crippen LogP contribution is -2.47. The zero-order valence-electron chi connectivity index (χ0n) is 19.0. The fraction of sp³-hybridized carbons (Fsp3) is 0.609. The van der Waals surface area contributed by atoms with Gasteiger partial charge in [-0.15, -0.1) is 0 Å². The maximum absolute atomic E-state index is 12.9. The molecule has 0 heterocycles. The summed E-state index contributed by atoms with van der Waals surface area (Å²) in [5.74, 6) is 0.356. The van der Waals surface area contributed by atoms with Gasteiger partial charge < -0.3 is 9.84 Å². The summed E-state index contributed by atoms with van der Waals surface area (Å²) in [5.41, 5.74) is 6.35. The van der Waals surface area contributed by atoms with E-state index in [1.807, 2.05) is 38.1 Å². The number of amides is 1. The largest absolute Gasteiger partial charge is 0.466 e. The molecule has 1 aromatic carbocycles. The van der Waals surface area contributed by atoms with E-state index in [0.717, 1.165) is 11.1 Å². The van der Waals surface area contributed by atoms with Gasteiger partial charge in [0.2, 0.25) is 5.91 Å². The summed E-state index contributed by atoms with van der Waals surface area (Å²) in [6, 6.07) is 7.71. The predicted octanol–water partition coefficient (Wildman–Crippen LogP) is 2.40. The van der Waals surface area contributed by atoms with Crippen LogP contribution in [0.2, 0.25) is 0 Å². The Morgan fingerprint density at radius 3 is 2.68 bits per heavy atom. The highest BCUT2D eigenvalue weighted by atomic mass is 32.2. The number of hydrogen-bond acceptors (Lipinski definition) is 7. The number of carbonyl (C=O) groups excluding carboxylic acids is 3. The zero-order valence-corrected chi connectivity index (χ0v) is 19.8. The number of ketones is 1. The van der Waals surface area contributed by atoms with Gasteiger partial charge in [-0.1, -0.05) is 31.2 Å². The summed E-state index contributed by atoms with van der Waals surface area (Å²) in [4.78, 5) is 37.0. The van der Waals surface area contributed by atoms with E-state index < -0.39 is 5.41 Å². The van der Waals surface area contributed by atoms with Gasteiger partial charge in [0.1, 0.15) is 5.78 Å². The van der Waals surface area contributed by atoms with Crippen LogP contribution in [0, 0.1) is 5.92 Å². The first kappa shape index (κ1) is 27.1. The molecule has 7 nitrogen and oxygen atoms in total. The van der Waals surface area contributed by atoms with Crippen molar-refractivity contribution in [1.82, 2.24) is 10.9 Å². The normalized spacial score (nSPS) is 13.8. The molecule has 0 saturated heterocycles. The molecule has 174 valence electrons. The van der Waals surface area contributed by atoms with Crippen molar-refractivity contribution in [2.75, 3.05) is 31.8 Å². The molecule has 31 heavy (non-hydrogen) atoms. The highest BCUT2D eigenvalue weighted by molar-refractivity contribution is 7.99. The van der Waals surface area contributed by atoms with Crippen LogP contribution in [0.1, 0.15) is 51.2 Å². The average Bonchev–Trinajstić information content (AvgIpc) is 2.74. The molecule has 0 aromatic heterocycles. The molecule has 1 amide bonds. The fourth-order valence-electron chi connectivity index (χ4n) is 3.37. The van der Waals surface area contributed by atoms with Crippen LogP contribution in [0.3, 0.4) is 0 Å². The molecule has 2 unspecified atom stereocenters. The first-order valence-electron chi connectivity index (χ1n) is 10.7. The lowest BCUT2D eigenvalue weighted by molar-refractivity contribution is -0.147. The van der Waals surface area contributed by atoms with E-state index in [-0.39, 0.29) is 30.2 Å². The van der Waals surface area contributed by atoms with Gasteiger partial charge in [-0.05, 0) is 44.2 Å². The molecule has 0 fully saturated rings. The molecular weight excluding hydrogens is 416 g/mol. The van der Waals surface area contributed by atoms with Gasteiger partial charge in [0.15, 0.2) is 0 Å². The van der Waals surface area contributed by atoms with Crippen LogP contribution in [-0.2, 0) is 31.0 Å². The molecule has 1 aromatic rings. The lowest BCUT2D eigenvalue weighted by Gasteiger charge is -2.29. The average molecular weight is 453 g/mol. The SMILES string of the molecule is CCOC(=O)C(C)Cc1cccc(C(C)(CCCC(=O)CSCCO)C(=O)NNC)c1. The molecule has 3 N–H and O–H groups in total. The highest BCUT2D eigenvalue weighted by Crippen LogP contribution is 2.31. The number of ether oxygens (including phenoxy) is 1. The minimum Gasteiger partial charge on any atom is -0.466 e. The molecule has 0 aliphatic carbocycles. The maximum atomic E-state index is 12.9. The van der Waals surface area contributed by atoms with Crippen LogP contribution in [0.4, 0.5) is 0 Å². The topological polar surface area (TPSA) is 105 Å². The van der Waals surface area contributed by atoms with Crippen LogP contribution in [0.25, 0.3) is 0 Å². The quantitative estimate of drug-likeness (QED) is 0.213. The fourth-order valence-corrected chi connectivity index (χ4v) is 4.01.